The first-order valence-corrected chi connectivity index (χ1v) is 7.65. The van der Waals surface area contributed by atoms with Crippen molar-refractivity contribution in [3.8, 4) is 0 Å². The summed E-state index contributed by atoms with van der Waals surface area (Å²) in [5, 5.41) is 0. The van der Waals surface area contributed by atoms with Crippen molar-refractivity contribution >= 4 is 0 Å². The molecule has 1 aliphatic carbocycles. The zero-order valence-electron chi connectivity index (χ0n) is 12.3. The van der Waals surface area contributed by atoms with Gasteiger partial charge in [-0.25, -0.2) is 0 Å². The summed E-state index contributed by atoms with van der Waals surface area (Å²) in [4.78, 5) is 2.60. The molecule has 0 aromatic carbocycles. The van der Waals surface area contributed by atoms with E-state index >= 15 is 0 Å². The molecule has 3 atom stereocenters. The molecule has 18 heavy (non-hydrogen) atoms. The van der Waals surface area contributed by atoms with Gasteiger partial charge < -0.3 is 10.5 Å². The molecule has 2 rings (SSSR count). The summed E-state index contributed by atoms with van der Waals surface area (Å²) in [7, 11) is 0. The fourth-order valence-corrected chi connectivity index (χ4v) is 3.70. The van der Waals surface area contributed by atoms with E-state index in [0.29, 0.717) is 18.2 Å². The highest BCUT2D eigenvalue weighted by Crippen LogP contribution is 2.27. The summed E-state index contributed by atoms with van der Waals surface area (Å²) in [6.07, 6.45) is 8.18. The average molecular weight is 254 g/mol. The van der Waals surface area contributed by atoms with Crippen LogP contribution in [-0.2, 0) is 4.74 Å². The van der Waals surface area contributed by atoms with E-state index in [9.17, 15) is 0 Å². The summed E-state index contributed by atoms with van der Waals surface area (Å²) < 4.78 is 6.00. The minimum atomic E-state index is -0.0280. The number of hydrogen-bond acceptors (Lipinski definition) is 3. The van der Waals surface area contributed by atoms with Crippen LogP contribution < -0.4 is 5.73 Å². The van der Waals surface area contributed by atoms with Gasteiger partial charge in [0.2, 0.25) is 0 Å². The lowest BCUT2D eigenvalue weighted by Crippen LogP contribution is -2.59. The summed E-state index contributed by atoms with van der Waals surface area (Å²) in [5.41, 5.74) is 6.40. The van der Waals surface area contributed by atoms with Gasteiger partial charge in [-0.3, -0.25) is 4.90 Å². The van der Waals surface area contributed by atoms with Crippen LogP contribution in [0.3, 0.4) is 0 Å². The Kier molecular flexibility index (Phi) is 4.68. The van der Waals surface area contributed by atoms with Gasteiger partial charge >= 0.3 is 0 Å². The fraction of sp³-hybridized carbons (Fsp3) is 1.00. The van der Waals surface area contributed by atoms with Crippen LogP contribution in [0.2, 0.25) is 0 Å². The van der Waals surface area contributed by atoms with Crippen LogP contribution in [0, 0.1) is 0 Å². The van der Waals surface area contributed by atoms with Gasteiger partial charge in [0.1, 0.15) is 0 Å². The second-order valence-electron chi connectivity index (χ2n) is 6.84. The maximum atomic E-state index is 6.43. The molecular formula is C15H30N2O. The quantitative estimate of drug-likeness (QED) is 0.781. The van der Waals surface area contributed by atoms with E-state index in [1.807, 2.05) is 0 Å². The van der Waals surface area contributed by atoms with E-state index in [0.717, 1.165) is 13.1 Å². The number of nitrogens with zero attached hydrogens (tertiary/aromatic N) is 1. The molecule has 0 spiro atoms. The minimum absolute atomic E-state index is 0.0280. The normalized spacial score (nSPS) is 39.0. The third kappa shape index (κ3) is 3.69. The Morgan fingerprint density at radius 1 is 1.11 bits per heavy atom. The topological polar surface area (TPSA) is 38.5 Å². The van der Waals surface area contributed by atoms with Crippen LogP contribution in [-0.4, -0.2) is 41.8 Å². The van der Waals surface area contributed by atoms with Crippen LogP contribution in [0.4, 0.5) is 0 Å². The lowest BCUT2D eigenvalue weighted by atomic mass is 9.90. The van der Waals surface area contributed by atoms with Crippen LogP contribution in [0.15, 0.2) is 0 Å². The predicted molar refractivity (Wildman–Crippen MR) is 75.7 cm³/mol. The fourth-order valence-electron chi connectivity index (χ4n) is 3.70. The molecule has 1 aliphatic heterocycles. The molecular weight excluding hydrogens is 224 g/mol. The molecule has 0 amide bonds. The third-order valence-corrected chi connectivity index (χ3v) is 4.35. The van der Waals surface area contributed by atoms with Gasteiger partial charge in [0.15, 0.2) is 0 Å². The van der Waals surface area contributed by atoms with Crippen molar-refractivity contribution in [1.29, 1.82) is 0 Å². The Morgan fingerprint density at radius 3 is 2.44 bits per heavy atom. The van der Waals surface area contributed by atoms with Crippen molar-refractivity contribution in [3.63, 3.8) is 0 Å². The summed E-state index contributed by atoms with van der Waals surface area (Å²) in [6, 6.07) is 0.919. The van der Waals surface area contributed by atoms with Crippen molar-refractivity contribution < 1.29 is 4.74 Å². The van der Waals surface area contributed by atoms with Crippen LogP contribution >= 0.6 is 0 Å². The second kappa shape index (κ2) is 5.89. The summed E-state index contributed by atoms with van der Waals surface area (Å²) in [5.74, 6) is 0. The Morgan fingerprint density at radius 2 is 1.78 bits per heavy atom. The average Bonchev–Trinajstić information content (AvgIpc) is 2.20. The van der Waals surface area contributed by atoms with E-state index in [4.69, 9.17) is 10.5 Å². The van der Waals surface area contributed by atoms with Crippen LogP contribution in [0.5, 0.6) is 0 Å². The van der Waals surface area contributed by atoms with Gasteiger partial charge in [-0.05, 0) is 33.6 Å². The molecule has 3 unspecified atom stereocenters. The van der Waals surface area contributed by atoms with E-state index in [1.54, 1.807) is 0 Å². The van der Waals surface area contributed by atoms with Crippen LogP contribution in [0.25, 0.3) is 0 Å². The number of morpholine rings is 1. The second-order valence-corrected chi connectivity index (χ2v) is 6.84. The zero-order valence-corrected chi connectivity index (χ0v) is 12.3. The lowest BCUT2D eigenvalue weighted by Gasteiger charge is -2.47. The smallest absolute Gasteiger partial charge is 0.0757 e. The van der Waals surface area contributed by atoms with E-state index in [1.165, 1.54) is 38.5 Å². The molecule has 3 heteroatoms. The highest BCUT2D eigenvalue weighted by molar-refractivity contribution is 4.91. The maximum Gasteiger partial charge on any atom is 0.0757 e. The van der Waals surface area contributed by atoms with Gasteiger partial charge in [0.05, 0.1) is 11.7 Å². The molecule has 0 bridgehead atoms. The first-order chi connectivity index (χ1) is 8.48. The van der Waals surface area contributed by atoms with Gasteiger partial charge in [-0.1, -0.05) is 25.7 Å². The summed E-state index contributed by atoms with van der Waals surface area (Å²) >= 11 is 0. The SMILES string of the molecule is CC1CN(C2CCCCCCC2N)CC(C)(C)O1. The molecule has 3 nitrogen and oxygen atoms in total. The molecule has 2 aliphatic rings. The monoisotopic (exact) mass is 254 g/mol. The molecule has 0 aromatic rings. The highest BCUT2D eigenvalue weighted by Gasteiger charge is 2.36. The van der Waals surface area contributed by atoms with Gasteiger partial charge in [-0.15, -0.1) is 0 Å². The van der Waals surface area contributed by atoms with Crippen molar-refractivity contribution in [2.45, 2.75) is 83.1 Å². The Labute approximate surface area is 112 Å². The Hall–Kier alpha value is -0.120. The third-order valence-electron chi connectivity index (χ3n) is 4.35. The maximum absolute atomic E-state index is 6.43. The van der Waals surface area contributed by atoms with Crippen LogP contribution in [0.1, 0.15) is 59.3 Å². The van der Waals surface area contributed by atoms with E-state index in [-0.39, 0.29) is 5.60 Å². The molecule has 1 heterocycles. The Balaban J connectivity index is 2.02. The molecule has 0 radical (unpaired) electrons. The van der Waals surface area contributed by atoms with Crippen molar-refractivity contribution in [3.05, 3.63) is 0 Å². The van der Waals surface area contributed by atoms with Crippen molar-refractivity contribution in [2.24, 2.45) is 5.73 Å². The highest BCUT2D eigenvalue weighted by atomic mass is 16.5. The molecule has 106 valence electrons. The minimum Gasteiger partial charge on any atom is -0.370 e. The molecule has 0 aromatic heterocycles. The van der Waals surface area contributed by atoms with E-state index < -0.39 is 0 Å². The van der Waals surface area contributed by atoms with Gasteiger partial charge in [0.25, 0.3) is 0 Å². The standard InChI is InChI=1S/C15H30N2O/c1-12-10-17(11-15(2,3)18-12)14-9-7-5-4-6-8-13(14)16/h12-14H,4-11,16H2,1-3H3. The van der Waals surface area contributed by atoms with Crippen molar-refractivity contribution in [1.82, 2.24) is 4.90 Å². The summed E-state index contributed by atoms with van der Waals surface area (Å²) in [6.45, 7) is 8.65. The number of hydrogen-bond donors (Lipinski definition) is 1. The first kappa shape index (κ1) is 14.3. The molecule has 2 N–H and O–H groups in total. The lowest BCUT2D eigenvalue weighted by molar-refractivity contribution is -0.140. The zero-order chi connectivity index (χ0) is 13.2. The predicted octanol–water partition coefficient (Wildman–Crippen LogP) is 2.54. The van der Waals surface area contributed by atoms with Gasteiger partial charge in [0, 0.05) is 25.2 Å². The molecule has 1 saturated heterocycles. The number of ether oxygens (including phenoxy) is 1. The number of nitrogens with two attached hydrogens (primary N) is 1. The van der Waals surface area contributed by atoms with E-state index in [2.05, 4.69) is 25.7 Å². The first-order valence-electron chi connectivity index (χ1n) is 7.65. The Bertz CT molecular complexity index is 267. The number of rotatable bonds is 1. The largest absolute Gasteiger partial charge is 0.370 e. The van der Waals surface area contributed by atoms with Crippen molar-refractivity contribution in [2.75, 3.05) is 13.1 Å². The molecule has 1 saturated carbocycles. The molecule has 2 fully saturated rings. The van der Waals surface area contributed by atoms with Gasteiger partial charge in [-0.2, -0.15) is 0 Å².